The number of nitrogens with one attached hydrogen (secondary N) is 1. The van der Waals surface area contributed by atoms with Crippen LogP contribution in [-0.2, 0) is 9.59 Å². The van der Waals surface area contributed by atoms with Gasteiger partial charge in [-0.15, -0.1) is 0 Å². The lowest BCUT2D eigenvalue weighted by Gasteiger charge is -2.30. The first-order chi connectivity index (χ1) is 12.6. The monoisotopic (exact) mass is 392 g/mol. The average Bonchev–Trinajstić information content (AvgIpc) is 2.91. The first kappa shape index (κ1) is 19.2. The third-order valence-corrected chi connectivity index (χ3v) is 6.25. The number of carbonyl (C=O) groups excluding carboxylic acids is 2. The van der Waals surface area contributed by atoms with Crippen molar-refractivity contribution in [2.75, 3.05) is 11.9 Å². The molecule has 140 valence electrons. The van der Waals surface area contributed by atoms with Crippen molar-refractivity contribution in [3.63, 3.8) is 0 Å². The molecule has 1 heterocycles. The van der Waals surface area contributed by atoms with E-state index in [-0.39, 0.29) is 24.3 Å². The minimum absolute atomic E-state index is 0.00579. The normalized spacial score (nSPS) is 21.1. The maximum absolute atomic E-state index is 12.7. The van der Waals surface area contributed by atoms with Gasteiger partial charge in [-0.05, 0) is 44.0 Å². The van der Waals surface area contributed by atoms with Gasteiger partial charge in [-0.2, -0.15) is 0 Å². The second-order valence-electron chi connectivity index (χ2n) is 6.58. The molecule has 2 aliphatic rings. The molecule has 1 unspecified atom stereocenters. The van der Waals surface area contributed by atoms with Crippen molar-refractivity contribution in [2.24, 2.45) is 0 Å². The second-order valence-corrected chi connectivity index (χ2v) is 8.42. The lowest BCUT2D eigenvalue weighted by atomic mass is 9.94. The predicted molar refractivity (Wildman–Crippen MR) is 109 cm³/mol. The van der Waals surface area contributed by atoms with Crippen LogP contribution in [0, 0.1) is 0 Å². The van der Waals surface area contributed by atoms with E-state index in [4.69, 9.17) is 17.0 Å². The zero-order chi connectivity index (χ0) is 18.5. The molecule has 1 saturated carbocycles. The fraction of sp³-hybridized carbons (Fsp3) is 0.526. The lowest BCUT2D eigenvalue weighted by Crippen LogP contribution is -2.42. The Bertz CT molecular complexity index is 672. The predicted octanol–water partition coefficient (Wildman–Crippen LogP) is 3.98. The molecular formula is C19H24N2O3S2. The fourth-order valence-corrected chi connectivity index (χ4v) is 5.09. The first-order valence-corrected chi connectivity index (χ1v) is 10.4. The van der Waals surface area contributed by atoms with Gasteiger partial charge in [0.1, 0.15) is 10.1 Å². The van der Waals surface area contributed by atoms with Crippen LogP contribution < -0.4 is 10.1 Å². The number of carbonyl (C=O) groups is 2. The summed E-state index contributed by atoms with van der Waals surface area (Å²) in [5, 5.41) is 2.44. The Labute approximate surface area is 163 Å². The first-order valence-electron chi connectivity index (χ1n) is 9.15. The summed E-state index contributed by atoms with van der Waals surface area (Å²) in [5.74, 6) is 0.586. The number of thioether (sulfide) groups is 1. The van der Waals surface area contributed by atoms with Crippen molar-refractivity contribution in [3.8, 4) is 5.75 Å². The molecule has 5 nitrogen and oxygen atoms in total. The Morgan fingerprint density at radius 2 is 1.96 bits per heavy atom. The maximum Gasteiger partial charge on any atom is 0.242 e. The topological polar surface area (TPSA) is 58.6 Å². The summed E-state index contributed by atoms with van der Waals surface area (Å²) >= 11 is 6.77. The Morgan fingerprint density at radius 1 is 1.27 bits per heavy atom. The number of rotatable bonds is 6. The van der Waals surface area contributed by atoms with Crippen LogP contribution in [0.5, 0.6) is 5.75 Å². The Balaban J connectivity index is 1.55. The molecule has 1 aliphatic heterocycles. The van der Waals surface area contributed by atoms with E-state index in [0.29, 0.717) is 16.6 Å². The molecule has 0 radical (unpaired) electrons. The summed E-state index contributed by atoms with van der Waals surface area (Å²) in [6, 6.07) is 7.44. The van der Waals surface area contributed by atoms with E-state index in [1.807, 2.05) is 19.1 Å². The highest BCUT2D eigenvalue weighted by Gasteiger charge is 2.41. The molecule has 7 heteroatoms. The van der Waals surface area contributed by atoms with E-state index in [1.54, 1.807) is 17.0 Å². The summed E-state index contributed by atoms with van der Waals surface area (Å²) in [6.45, 7) is 2.52. The summed E-state index contributed by atoms with van der Waals surface area (Å²) < 4.78 is 6.01. The summed E-state index contributed by atoms with van der Waals surface area (Å²) in [5.41, 5.74) is 0.695. The number of ether oxygens (including phenoxy) is 1. The van der Waals surface area contributed by atoms with Crippen LogP contribution in [0.3, 0.4) is 0 Å². The van der Waals surface area contributed by atoms with E-state index in [2.05, 4.69) is 5.32 Å². The molecule has 1 aromatic carbocycles. The number of benzene rings is 1. The number of thiocarbonyl (C=S) groups is 1. The average molecular weight is 393 g/mol. The minimum Gasteiger partial charge on any atom is -0.494 e. The third kappa shape index (κ3) is 4.57. The van der Waals surface area contributed by atoms with Crippen molar-refractivity contribution in [2.45, 2.75) is 56.7 Å². The Morgan fingerprint density at radius 3 is 2.62 bits per heavy atom. The molecular weight excluding hydrogens is 368 g/mol. The van der Waals surface area contributed by atoms with Crippen molar-refractivity contribution in [1.29, 1.82) is 0 Å². The second kappa shape index (κ2) is 8.86. The SMILES string of the molecule is CCOc1ccc(NC(=O)CC2SC(=S)N(C3CCCCC3)C2=O)cc1. The van der Waals surface area contributed by atoms with Gasteiger partial charge in [0.05, 0.1) is 11.9 Å². The number of amides is 2. The van der Waals surface area contributed by atoms with Crippen molar-refractivity contribution < 1.29 is 14.3 Å². The zero-order valence-corrected chi connectivity index (χ0v) is 16.5. The van der Waals surface area contributed by atoms with Crippen molar-refractivity contribution in [3.05, 3.63) is 24.3 Å². The number of hydrogen-bond acceptors (Lipinski definition) is 5. The van der Waals surface area contributed by atoms with Gasteiger partial charge in [0, 0.05) is 18.2 Å². The summed E-state index contributed by atoms with van der Waals surface area (Å²) in [7, 11) is 0. The van der Waals surface area contributed by atoms with Crippen LogP contribution in [0.25, 0.3) is 0 Å². The quantitative estimate of drug-likeness (QED) is 0.742. The highest BCUT2D eigenvalue weighted by atomic mass is 32.2. The van der Waals surface area contributed by atoms with Crippen LogP contribution in [0.2, 0.25) is 0 Å². The van der Waals surface area contributed by atoms with Gasteiger partial charge in [0.15, 0.2) is 0 Å². The number of anilines is 1. The van der Waals surface area contributed by atoms with Crippen LogP contribution in [0.1, 0.15) is 45.4 Å². The molecule has 2 fully saturated rings. The van der Waals surface area contributed by atoms with Crippen molar-refractivity contribution >= 4 is 45.8 Å². The molecule has 2 amide bonds. The highest BCUT2D eigenvalue weighted by molar-refractivity contribution is 8.24. The van der Waals surface area contributed by atoms with E-state index in [9.17, 15) is 9.59 Å². The molecule has 1 aliphatic carbocycles. The Hall–Kier alpha value is -1.60. The van der Waals surface area contributed by atoms with Crippen LogP contribution in [-0.4, -0.2) is 38.9 Å². The molecule has 0 aromatic heterocycles. The maximum atomic E-state index is 12.7. The molecule has 0 spiro atoms. The minimum atomic E-state index is -0.410. The zero-order valence-electron chi connectivity index (χ0n) is 14.9. The standard InChI is InChI=1S/C19H24N2O3S2/c1-2-24-15-10-8-13(9-11-15)20-17(22)12-16-18(23)21(19(25)26-16)14-6-4-3-5-7-14/h8-11,14,16H,2-7,12H2,1H3,(H,20,22). The lowest BCUT2D eigenvalue weighted by molar-refractivity contribution is -0.129. The number of hydrogen-bond donors (Lipinski definition) is 1. The smallest absolute Gasteiger partial charge is 0.242 e. The van der Waals surface area contributed by atoms with Gasteiger partial charge in [-0.1, -0.05) is 43.2 Å². The fourth-order valence-electron chi connectivity index (χ4n) is 3.45. The van der Waals surface area contributed by atoms with Gasteiger partial charge >= 0.3 is 0 Å². The van der Waals surface area contributed by atoms with Gasteiger partial charge in [-0.3, -0.25) is 14.5 Å². The van der Waals surface area contributed by atoms with Crippen LogP contribution in [0.15, 0.2) is 24.3 Å². The largest absolute Gasteiger partial charge is 0.494 e. The molecule has 0 bridgehead atoms. The number of nitrogens with zero attached hydrogens (tertiary/aromatic N) is 1. The van der Waals surface area contributed by atoms with Gasteiger partial charge < -0.3 is 10.1 Å². The van der Waals surface area contributed by atoms with E-state index in [1.165, 1.54) is 18.2 Å². The van der Waals surface area contributed by atoms with Crippen molar-refractivity contribution in [1.82, 2.24) is 4.90 Å². The van der Waals surface area contributed by atoms with Crippen LogP contribution >= 0.6 is 24.0 Å². The summed E-state index contributed by atoms with van der Waals surface area (Å²) in [4.78, 5) is 26.9. The highest BCUT2D eigenvalue weighted by Crippen LogP contribution is 2.35. The van der Waals surface area contributed by atoms with E-state index >= 15 is 0 Å². The molecule has 1 aromatic rings. The molecule has 3 rings (SSSR count). The van der Waals surface area contributed by atoms with E-state index < -0.39 is 5.25 Å². The van der Waals surface area contributed by atoms with Gasteiger partial charge in [-0.25, -0.2) is 0 Å². The third-order valence-electron chi connectivity index (χ3n) is 4.71. The molecule has 1 N–H and O–H groups in total. The van der Waals surface area contributed by atoms with Crippen LogP contribution in [0.4, 0.5) is 5.69 Å². The molecule has 26 heavy (non-hydrogen) atoms. The molecule has 1 saturated heterocycles. The Kier molecular flexibility index (Phi) is 6.53. The van der Waals surface area contributed by atoms with Gasteiger partial charge in [0.2, 0.25) is 11.8 Å². The van der Waals surface area contributed by atoms with E-state index in [0.717, 1.165) is 31.4 Å². The summed E-state index contributed by atoms with van der Waals surface area (Å²) in [6.07, 6.45) is 5.68. The molecule has 1 atom stereocenters. The van der Waals surface area contributed by atoms with Gasteiger partial charge in [0.25, 0.3) is 0 Å².